The minimum absolute atomic E-state index is 0.0509. The Labute approximate surface area is 215 Å². The summed E-state index contributed by atoms with van der Waals surface area (Å²) in [5.41, 5.74) is 4.60. The Bertz CT molecular complexity index is 1390. The van der Waals surface area contributed by atoms with E-state index in [1.165, 1.54) is 0 Å². The smallest absolute Gasteiger partial charge is 0.296 e. The van der Waals surface area contributed by atoms with Gasteiger partial charge in [0.2, 0.25) is 5.82 Å². The highest BCUT2D eigenvalue weighted by atomic mass is 16.5. The number of hydrogen-bond donors (Lipinski definition) is 2. The molecule has 3 heterocycles. The first kappa shape index (κ1) is 24.5. The highest BCUT2D eigenvalue weighted by molar-refractivity contribution is 6.01. The van der Waals surface area contributed by atoms with Crippen molar-refractivity contribution in [1.82, 2.24) is 20.2 Å². The molecule has 1 amide bonds. The monoisotopic (exact) mass is 495 g/mol. The molecule has 8 nitrogen and oxygen atoms in total. The number of aromatic nitrogens is 4. The second-order valence-electron chi connectivity index (χ2n) is 9.36. The largest absolute Gasteiger partial charge is 0.381 e. The summed E-state index contributed by atoms with van der Waals surface area (Å²) in [4.78, 5) is 34.4. The van der Waals surface area contributed by atoms with E-state index in [0.717, 1.165) is 48.3 Å². The van der Waals surface area contributed by atoms with E-state index in [-0.39, 0.29) is 11.6 Å². The number of H-pyrrole nitrogens is 1. The van der Waals surface area contributed by atoms with E-state index in [1.807, 2.05) is 61.5 Å². The number of ketones is 1. The number of aryl methyl sites for hydroxylation is 1. The van der Waals surface area contributed by atoms with Gasteiger partial charge < -0.3 is 10.1 Å². The Hall–Kier alpha value is -4.17. The molecule has 37 heavy (non-hydrogen) atoms. The van der Waals surface area contributed by atoms with E-state index in [1.54, 1.807) is 12.3 Å². The molecule has 2 aromatic heterocycles. The average molecular weight is 496 g/mol. The maximum absolute atomic E-state index is 13.0. The van der Waals surface area contributed by atoms with Crippen LogP contribution in [-0.2, 0) is 11.2 Å². The second-order valence-corrected chi connectivity index (χ2v) is 9.36. The fourth-order valence-corrected chi connectivity index (χ4v) is 4.54. The molecule has 1 fully saturated rings. The number of rotatable bonds is 8. The van der Waals surface area contributed by atoms with Crippen LogP contribution in [0.15, 0.2) is 66.9 Å². The number of anilines is 1. The summed E-state index contributed by atoms with van der Waals surface area (Å²) < 4.78 is 5.41. The zero-order chi connectivity index (χ0) is 25.6. The minimum atomic E-state index is -0.447. The molecule has 2 N–H and O–H groups in total. The molecule has 5 rings (SSSR count). The molecule has 8 heteroatoms. The van der Waals surface area contributed by atoms with E-state index in [0.29, 0.717) is 36.0 Å². The molecule has 0 aliphatic carbocycles. The molecule has 0 bridgehead atoms. The maximum Gasteiger partial charge on any atom is 0.296 e. The lowest BCUT2D eigenvalue weighted by Crippen LogP contribution is -2.18. The number of carbonyl (C=O) groups is 2. The first-order valence-electron chi connectivity index (χ1n) is 12.5. The lowest BCUT2D eigenvalue weighted by molar-refractivity contribution is 0.0601. The van der Waals surface area contributed by atoms with Crippen molar-refractivity contribution in [3.63, 3.8) is 0 Å². The molecule has 0 saturated carbocycles. The molecule has 1 aliphatic heterocycles. The van der Waals surface area contributed by atoms with Crippen molar-refractivity contribution in [2.24, 2.45) is 5.92 Å². The van der Waals surface area contributed by atoms with Crippen molar-refractivity contribution in [3.05, 3.63) is 95.2 Å². The quantitative estimate of drug-likeness (QED) is 0.332. The van der Waals surface area contributed by atoms with E-state index in [4.69, 9.17) is 4.74 Å². The van der Waals surface area contributed by atoms with Crippen LogP contribution in [0.2, 0.25) is 0 Å². The zero-order valence-corrected chi connectivity index (χ0v) is 20.7. The van der Waals surface area contributed by atoms with Gasteiger partial charge in [0.05, 0.1) is 0 Å². The molecule has 2 aromatic carbocycles. The molecule has 0 unspecified atom stereocenters. The van der Waals surface area contributed by atoms with Crippen molar-refractivity contribution in [1.29, 1.82) is 0 Å². The maximum atomic E-state index is 13.0. The normalized spacial score (nSPS) is 13.9. The van der Waals surface area contributed by atoms with Crippen LogP contribution in [0.1, 0.15) is 57.2 Å². The standard InChI is InChI=1S/C29H29N5O3/c1-19-7-8-23(25(35)15-21-10-13-37-14-11-21)17-24(19)22-9-12-30-26(18-22)32-29(36)28-31-27(33-34-28)16-20-5-3-2-4-6-20/h2-9,12,17-18,21H,10-11,13-16H2,1H3,(H,30,32,36)(H,31,33,34). The summed E-state index contributed by atoms with van der Waals surface area (Å²) in [6.07, 6.45) is 4.58. The fraction of sp³-hybridized carbons (Fsp3) is 0.276. The summed E-state index contributed by atoms with van der Waals surface area (Å²) in [6.45, 7) is 3.46. The molecule has 1 aliphatic rings. The van der Waals surface area contributed by atoms with Crippen LogP contribution in [0, 0.1) is 12.8 Å². The second kappa shape index (κ2) is 11.3. The Morgan fingerprint density at radius 1 is 1.05 bits per heavy atom. The number of nitrogens with one attached hydrogen (secondary N) is 2. The van der Waals surface area contributed by atoms with Gasteiger partial charge in [-0.1, -0.05) is 42.5 Å². The van der Waals surface area contributed by atoms with Crippen molar-refractivity contribution in [2.75, 3.05) is 18.5 Å². The highest BCUT2D eigenvalue weighted by Crippen LogP contribution is 2.28. The Morgan fingerprint density at radius 3 is 2.68 bits per heavy atom. The Kier molecular flexibility index (Phi) is 7.46. The molecule has 1 saturated heterocycles. The van der Waals surface area contributed by atoms with E-state index >= 15 is 0 Å². The molecule has 0 spiro atoms. The van der Waals surface area contributed by atoms with Gasteiger partial charge in [0.15, 0.2) is 5.78 Å². The number of carbonyl (C=O) groups excluding carboxylic acids is 2. The molecule has 4 aromatic rings. The van der Waals surface area contributed by atoms with Gasteiger partial charge in [-0.3, -0.25) is 14.7 Å². The molecule has 0 atom stereocenters. The number of Topliss-reactive ketones (excluding diaryl/α,β-unsaturated/α-hetero) is 1. The van der Waals surface area contributed by atoms with Gasteiger partial charge in [-0.05, 0) is 66.1 Å². The first-order valence-corrected chi connectivity index (χ1v) is 12.5. The predicted octanol–water partition coefficient (Wildman–Crippen LogP) is 5.02. The van der Waals surface area contributed by atoms with Crippen LogP contribution in [0.5, 0.6) is 0 Å². The van der Waals surface area contributed by atoms with Crippen LogP contribution < -0.4 is 5.32 Å². The van der Waals surface area contributed by atoms with Crippen molar-refractivity contribution in [3.8, 4) is 11.1 Å². The molecular formula is C29H29N5O3. The number of benzene rings is 2. The number of pyridine rings is 1. The third-order valence-corrected chi connectivity index (χ3v) is 6.64. The first-order chi connectivity index (χ1) is 18.0. The van der Waals surface area contributed by atoms with E-state index in [9.17, 15) is 9.59 Å². The summed E-state index contributed by atoms with van der Waals surface area (Å²) in [5.74, 6) is 1.11. The lowest BCUT2D eigenvalue weighted by atomic mass is 9.90. The highest BCUT2D eigenvalue weighted by Gasteiger charge is 2.19. The van der Waals surface area contributed by atoms with Gasteiger partial charge in [0, 0.05) is 37.8 Å². The fourth-order valence-electron chi connectivity index (χ4n) is 4.54. The molecule has 0 radical (unpaired) electrons. The van der Waals surface area contributed by atoms with Crippen LogP contribution in [0.25, 0.3) is 11.1 Å². The predicted molar refractivity (Wildman–Crippen MR) is 140 cm³/mol. The lowest BCUT2D eigenvalue weighted by Gasteiger charge is -2.21. The topological polar surface area (TPSA) is 110 Å². The Balaban J connectivity index is 1.28. The van der Waals surface area contributed by atoms with Gasteiger partial charge in [-0.2, -0.15) is 0 Å². The van der Waals surface area contributed by atoms with Crippen LogP contribution in [0.4, 0.5) is 5.82 Å². The third kappa shape index (κ3) is 6.16. The Morgan fingerprint density at radius 2 is 1.86 bits per heavy atom. The van der Waals surface area contributed by atoms with Crippen LogP contribution in [0.3, 0.4) is 0 Å². The van der Waals surface area contributed by atoms with E-state index in [2.05, 4.69) is 25.5 Å². The van der Waals surface area contributed by atoms with Gasteiger partial charge in [-0.15, -0.1) is 5.10 Å². The summed E-state index contributed by atoms with van der Waals surface area (Å²) in [5, 5.41) is 9.67. The number of hydrogen-bond acceptors (Lipinski definition) is 6. The molecular weight excluding hydrogens is 466 g/mol. The number of nitrogens with zero attached hydrogens (tertiary/aromatic N) is 3. The van der Waals surface area contributed by atoms with Gasteiger partial charge >= 0.3 is 0 Å². The van der Waals surface area contributed by atoms with Crippen LogP contribution in [-0.4, -0.2) is 45.1 Å². The molecule has 188 valence electrons. The van der Waals surface area contributed by atoms with Gasteiger partial charge in [0.1, 0.15) is 11.6 Å². The van der Waals surface area contributed by atoms with Crippen molar-refractivity contribution in [2.45, 2.75) is 32.6 Å². The number of amides is 1. The number of aromatic amines is 1. The van der Waals surface area contributed by atoms with Crippen LogP contribution >= 0.6 is 0 Å². The minimum Gasteiger partial charge on any atom is -0.381 e. The van der Waals surface area contributed by atoms with Gasteiger partial charge in [-0.25, -0.2) is 9.97 Å². The van der Waals surface area contributed by atoms with Crippen molar-refractivity contribution >= 4 is 17.5 Å². The summed E-state index contributed by atoms with van der Waals surface area (Å²) >= 11 is 0. The SMILES string of the molecule is Cc1ccc(C(=O)CC2CCOCC2)cc1-c1ccnc(NC(=O)c2n[nH]c(Cc3ccccc3)n2)c1. The zero-order valence-electron chi connectivity index (χ0n) is 20.7. The summed E-state index contributed by atoms with van der Waals surface area (Å²) in [7, 11) is 0. The average Bonchev–Trinajstić information content (AvgIpc) is 3.39. The van der Waals surface area contributed by atoms with Crippen molar-refractivity contribution < 1.29 is 14.3 Å². The van der Waals surface area contributed by atoms with Gasteiger partial charge in [0.25, 0.3) is 5.91 Å². The number of ether oxygens (including phenoxy) is 1. The van der Waals surface area contributed by atoms with E-state index < -0.39 is 5.91 Å². The third-order valence-electron chi connectivity index (χ3n) is 6.64. The summed E-state index contributed by atoms with van der Waals surface area (Å²) in [6, 6.07) is 19.3.